The van der Waals surface area contributed by atoms with Crippen LogP contribution in [0.1, 0.15) is 12.0 Å². The van der Waals surface area contributed by atoms with Crippen molar-refractivity contribution in [3.63, 3.8) is 0 Å². The predicted molar refractivity (Wildman–Crippen MR) is 65.0 cm³/mol. The molecule has 0 unspecified atom stereocenters. The van der Waals surface area contributed by atoms with Crippen LogP contribution in [0, 0.1) is 0 Å². The molecule has 0 fully saturated rings. The average molecular weight is 219 g/mol. The number of pyridine rings is 1. The molecule has 0 spiro atoms. The van der Waals surface area contributed by atoms with Crippen molar-refractivity contribution < 1.29 is 4.84 Å². The third-order valence-corrected chi connectivity index (χ3v) is 2.75. The van der Waals surface area contributed by atoms with E-state index in [-0.39, 0.29) is 0 Å². The third kappa shape index (κ3) is 2.59. The summed E-state index contributed by atoms with van der Waals surface area (Å²) in [5.74, 6) is 0.736. The molecule has 4 heteroatoms. The minimum atomic E-state index is 0.736. The molecule has 16 heavy (non-hydrogen) atoms. The van der Waals surface area contributed by atoms with Crippen LogP contribution >= 0.6 is 0 Å². The number of nitrogens with one attached hydrogen (secondary N) is 1. The number of hydrogen-bond acceptors (Lipinski definition) is 4. The van der Waals surface area contributed by atoms with Gasteiger partial charge >= 0.3 is 0 Å². The smallest absolute Gasteiger partial charge is 0.149 e. The fourth-order valence-corrected chi connectivity index (χ4v) is 1.78. The van der Waals surface area contributed by atoms with Crippen LogP contribution in [-0.4, -0.2) is 37.1 Å². The second-order valence-corrected chi connectivity index (χ2v) is 3.98. The van der Waals surface area contributed by atoms with Crippen LogP contribution < -0.4 is 5.48 Å². The van der Waals surface area contributed by atoms with Gasteiger partial charge in [0.25, 0.3) is 0 Å². The summed E-state index contributed by atoms with van der Waals surface area (Å²) in [7, 11) is 3.71. The van der Waals surface area contributed by atoms with Gasteiger partial charge in [0.2, 0.25) is 0 Å². The molecule has 2 rings (SSSR count). The molecular weight excluding hydrogens is 202 g/mol. The zero-order chi connectivity index (χ0) is 11.4. The molecule has 0 saturated carbocycles. The average Bonchev–Trinajstić information content (AvgIpc) is 2.32. The number of anilines is 1. The first kappa shape index (κ1) is 11.1. The Morgan fingerprint density at radius 1 is 1.44 bits per heavy atom. The molecule has 1 aliphatic heterocycles. The molecule has 1 aromatic rings. The Morgan fingerprint density at radius 2 is 2.31 bits per heavy atom. The molecule has 0 bridgehead atoms. The number of aromatic nitrogens is 1. The molecule has 2 heterocycles. The SMILES string of the molecule is CONc1ccc(C2=CCN(C)CC2)cn1. The molecule has 86 valence electrons. The van der Waals surface area contributed by atoms with Gasteiger partial charge in [-0.25, -0.2) is 10.5 Å². The number of nitrogens with zero attached hydrogens (tertiary/aromatic N) is 2. The largest absolute Gasteiger partial charge is 0.302 e. The fourth-order valence-electron chi connectivity index (χ4n) is 1.78. The van der Waals surface area contributed by atoms with E-state index in [9.17, 15) is 0 Å². The van der Waals surface area contributed by atoms with Crippen LogP contribution in [0.2, 0.25) is 0 Å². The summed E-state index contributed by atoms with van der Waals surface area (Å²) in [6, 6.07) is 4.00. The molecule has 4 nitrogen and oxygen atoms in total. The molecule has 1 aromatic heterocycles. The lowest BCUT2D eigenvalue weighted by Crippen LogP contribution is -2.23. The van der Waals surface area contributed by atoms with Crippen LogP contribution in [0.25, 0.3) is 5.57 Å². The number of hydrogen-bond donors (Lipinski definition) is 1. The van der Waals surface area contributed by atoms with Crippen LogP contribution in [-0.2, 0) is 4.84 Å². The Morgan fingerprint density at radius 3 is 2.88 bits per heavy atom. The summed E-state index contributed by atoms with van der Waals surface area (Å²) in [4.78, 5) is 11.4. The highest BCUT2D eigenvalue weighted by Crippen LogP contribution is 2.21. The molecule has 1 N–H and O–H groups in total. The van der Waals surface area contributed by atoms with Crippen molar-refractivity contribution in [1.82, 2.24) is 9.88 Å². The normalized spacial score (nSPS) is 17.0. The predicted octanol–water partition coefficient (Wildman–Crippen LogP) is 1.77. The second-order valence-electron chi connectivity index (χ2n) is 3.98. The molecular formula is C12H17N3O. The second kappa shape index (κ2) is 5.09. The van der Waals surface area contributed by atoms with Crippen molar-refractivity contribution in [3.05, 3.63) is 30.0 Å². The van der Waals surface area contributed by atoms with Gasteiger partial charge in [-0.1, -0.05) is 6.08 Å². The van der Waals surface area contributed by atoms with Gasteiger partial charge in [-0.05, 0) is 36.7 Å². The maximum absolute atomic E-state index is 4.79. The van der Waals surface area contributed by atoms with Crippen molar-refractivity contribution in [2.75, 3.05) is 32.7 Å². The molecule has 0 atom stereocenters. The van der Waals surface area contributed by atoms with E-state index in [0.717, 1.165) is 25.3 Å². The van der Waals surface area contributed by atoms with Gasteiger partial charge in [-0.3, -0.25) is 4.84 Å². The molecule has 0 aliphatic carbocycles. The number of rotatable bonds is 3. The van der Waals surface area contributed by atoms with Crippen LogP contribution in [0.5, 0.6) is 0 Å². The molecule has 0 radical (unpaired) electrons. The standard InChI is InChI=1S/C12H17N3O/c1-15-7-5-10(6-8-15)11-3-4-12(13-9-11)14-16-2/h3-5,9H,6-8H2,1-2H3,(H,13,14). The highest BCUT2D eigenvalue weighted by Gasteiger charge is 2.09. The van der Waals surface area contributed by atoms with Gasteiger partial charge in [0.1, 0.15) is 5.82 Å². The van der Waals surface area contributed by atoms with E-state index in [0.29, 0.717) is 0 Å². The fraction of sp³-hybridized carbons (Fsp3) is 0.417. The topological polar surface area (TPSA) is 37.4 Å². The minimum absolute atomic E-state index is 0.736. The van der Waals surface area contributed by atoms with Gasteiger partial charge in [0.05, 0.1) is 7.11 Å². The van der Waals surface area contributed by atoms with E-state index in [1.807, 2.05) is 12.3 Å². The van der Waals surface area contributed by atoms with E-state index in [1.165, 1.54) is 11.1 Å². The first-order chi connectivity index (χ1) is 7.79. The maximum Gasteiger partial charge on any atom is 0.149 e. The highest BCUT2D eigenvalue weighted by atomic mass is 16.6. The monoisotopic (exact) mass is 219 g/mol. The van der Waals surface area contributed by atoms with Gasteiger partial charge < -0.3 is 4.90 Å². The van der Waals surface area contributed by atoms with E-state index < -0.39 is 0 Å². The highest BCUT2D eigenvalue weighted by molar-refractivity contribution is 5.66. The van der Waals surface area contributed by atoms with E-state index >= 15 is 0 Å². The molecule has 0 saturated heterocycles. The molecule has 0 aromatic carbocycles. The third-order valence-electron chi connectivity index (χ3n) is 2.75. The van der Waals surface area contributed by atoms with E-state index in [1.54, 1.807) is 7.11 Å². The lowest BCUT2D eigenvalue weighted by molar-refractivity contribution is 0.269. The molecule has 1 aliphatic rings. The summed E-state index contributed by atoms with van der Waals surface area (Å²) >= 11 is 0. The minimum Gasteiger partial charge on any atom is -0.302 e. The van der Waals surface area contributed by atoms with Crippen molar-refractivity contribution in [2.45, 2.75) is 6.42 Å². The van der Waals surface area contributed by atoms with Crippen LogP contribution in [0.3, 0.4) is 0 Å². The van der Waals surface area contributed by atoms with Gasteiger partial charge in [-0.15, -0.1) is 0 Å². The summed E-state index contributed by atoms with van der Waals surface area (Å²) in [6.45, 7) is 2.14. The van der Waals surface area contributed by atoms with Crippen molar-refractivity contribution in [3.8, 4) is 0 Å². The lowest BCUT2D eigenvalue weighted by Gasteiger charge is -2.21. The van der Waals surface area contributed by atoms with E-state index in [4.69, 9.17) is 4.84 Å². The van der Waals surface area contributed by atoms with Crippen molar-refractivity contribution >= 4 is 11.4 Å². The van der Waals surface area contributed by atoms with Crippen molar-refractivity contribution in [1.29, 1.82) is 0 Å². The van der Waals surface area contributed by atoms with Crippen LogP contribution in [0.15, 0.2) is 24.4 Å². The summed E-state index contributed by atoms with van der Waals surface area (Å²) in [5, 5.41) is 0. The first-order valence-electron chi connectivity index (χ1n) is 5.42. The van der Waals surface area contributed by atoms with Crippen LogP contribution in [0.4, 0.5) is 5.82 Å². The van der Waals surface area contributed by atoms with Gasteiger partial charge in [0, 0.05) is 19.3 Å². The Bertz CT molecular complexity index is 372. The summed E-state index contributed by atoms with van der Waals surface area (Å²) in [5.41, 5.74) is 5.29. The van der Waals surface area contributed by atoms with E-state index in [2.05, 4.69) is 34.6 Å². The Balaban J connectivity index is 2.09. The summed E-state index contributed by atoms with van der Waals surface area (Å²) in [6.07, 6.45) is 5.25. The quantitative estimate of drug-likeness (QED) is 0.786. The first-order valence-corrected chi connectivity index (χ1v) is 5.42. The Labute approximate surface area is 95.9 Å². The Hall–Kier alpha value is -1.39. The van der Waals surface area contributed by atoms with Gasteiger partial charge in [-0.2, -0.15) is 0 Å². The van der Waals surface area contributed by atoms with Gasteiger partial charge in [0.15, 0.2) is 0 Å². The molecule has 0 amide bonds. The summed E-state index contributed by atoms with van der Waals surface area (Å²) < 4.78 is 0. The van der Waals surface area contributed by atoms with Crippen molar-refractivity contribution in [2.24, 2.45) is 0 Å². The Kier molecular flexibility index (Phi) is 3.54. The maximum atomic E-state index is 4.79. The number of likely N-dealkylation sites (N-methyl/N-ethyl adjacent to an activating group) is 1. The lowest BCUT2D eigenvalue weighted by atomic mass is 10.0. The zero-order valence-corrected chi connectivity index (χ0v) is 9.73. The zero-order valence-electron chi connectivity index (χ0n) is 9.73.